The Morgan fingerprint density at radius 3 is 2.19 bits per heavy atom. The number of fused-ring (bicyclic) bond motifs is 3. The first-order chi connectivity index (χ1) is 14.9. The van der Waals surface area contributed by atoms with Gasteiger partial charge in [-0.2, -0.15) is 0 Å². The number of carboxylic acid groups (broad SMARTS) is 1. The highest BCUT2D eigenvalue weighted by Crippen LogP contribution is 2.44. The van der Waals surface area contributed by atoms with Gasteiger partial charge >= 0.3 is 12.1 Å². The van der Waals surface area contributed by atoms with Crippen LogP contribution in [0.2, 0.25) is 0 Å². The van der Waals surface area contributed by atoms with Gasteiger partial charge in [0.2, 0.25) is 5.91 Å². The third-order valence-corrected chi connectivity index (χ3v) is 5.52. The van der Waals surface area contributed by atoms with Crippen LogP contribution in [0, 0.1) is 0 Å². The maximum atomic E-state index is 12.5. The highest BCUT2D eigenvalue weighted by molar-refractivity contribution is 5.82. The number of aliphatic carboxylic acids is 1. The van der Waals surface area contributed by atoms with Crippen LogP contribution < -0.4 is 5.32 Å². The van der Waals surface area contributed by atoms with E-state index in [1.807, 2.05) is 31.2 Å². The van der Waals surface area contributed by atoms with E-state index in [4.69, 9.17) is 9.84 Å². The van der Waals surface area contributed by atoms with Crippen LogP contribution in [0.15, 0.2) is 48.5 Å². The normalized spacial score (nSPS) is 13.1. The number of hydrogen-bond donors (Lipinski definition) is 2. The number of rotatable bonds is 9. The van der Waals surface area contributed by atoms with Gasteiger partial charge in [-0.15, -0.1) is 0 Å². The zero-order valence-corrected chi connectivity index (χ0v) is 17.8. The van der Waals surface area contributed by atoms with Crippen LogP contribution in [0.1, 0.15) is 43.2 Å². The van der Waals surface area contributed by atoms with E-state index in [9.17, 15) is 14.4 Å². The van der Waals surface area contributed by atoms with Gasteiger partial charge < -0.3 is 20.1 Å². The lowest BCUT2D eigenvalue weighted by Crippen LogP contribution is -2.41. The molecule has 2 aromatic rings. The van der Waals surface area contributed by atoms with Crippen LogP contribution in [-0.2, 0) is 14.3 Å². The molecule has 2 aromatic carbocycles. The monoisotopic (exact) mass is 424 g/mol. The lowest BCUT2D eigenvalue weighted by atomic mass is 9.98. The summed E-state index contributed by atoms with van der Waals surface area (Å²) in [6, 6.07) is 15.8. The number of likely N-dealkylation sites (N-methyl/N-ethyl adjacent to an activating group) is 1. The van der Waals surface area contributed by atoms with Crippen molar-refractivity contribution in [1.29, 1.82) is 0 Å². The van der Waals surface area contributed by atoms with E-state index in [0.717, 1.165) is 33.6 Å². The highest BCUT2D eigenvalue weighted by Gasteiger charge is 2.29. The molecule has 0 radical (unpaired) electrons. The third-order valence-electron chi connectivity index (χ3n) is 5.52. The van der Waals surface area contributed by atoms with E-state index in [-0.39, 0.29) is 31.4 Å². The summed E-state index contributed by atoms with van der Waals surface area (Å²) in [6.45, 7) is 1.78. The number of ether oxygens (including phenoxy) is 1. The Labute approximate surface area is 182 Å². The molecule has 0 bridgehead atoms. The summed E-state index contributed by atoms with van der Waals surface area (Å²) < 4.78 is 5.55. The minimum absolute atomic E-state index is 0.0296. The average molecular weight is 424 g/mol. The number of amides is 2. The van der Waals surface area contributed by atoms with Gasteiger partial charge in [-0.25, -0.2) is 4.79 Å². The van der Waals surface area contributed by atoms with Gasteiger partial charge in [0.05, 0.1) is 0 Å². The zero-order chi connectivity index (χ0) is 22.4. The predicted molar refractivity (Wildman–Crippen MR) is 117 cm³/mol. The Bertz CT molecular complexity index is 913. The van der Waals surface area contributed by atoms with Gasteiger partial charge in [0, 0.05) is 25.4 Å². The second kappa shape index (κ2) is 10.1. The van der Waals surface area contributed by atoms with Gasteiger partial charge in [0.15, 0.2) is 0 Å². The molecule has 1 aliphatic rings. The van der Waals surface area contributed by atoms with E-state index in [2.05, 4.69) is 29.6 Å². The van der Waals surface area contributed by atoms with Crippen molar-refractivity contribution in [2.75, 3.05) is 20.2 Å². The van der Waals surface area contributed by atoms with Gasteiger partial charge in [0.25, 0.3) is 0 Å². The van der Waals surface area contributed by atoms with Crippen LogP contribution in [0.25, 0.3) is 11.1 Å². The van der Waals surface area contributed by atoms with Gasteiger partial charge in [0.1, 0.15) is 13.2 Å². The number of nitrogens with one attached hydrogen (secondary N) is 1. The molecule has 1 atom stereocenters. The third kappa shape index (κ3) is 5.42. The van der Waals surface area contributed by atoms with E-state index < -0.39 is 18.1 Å². The lowest BCUT2D eigenvalue weighted by molar-refractivity contribution is -0.143. The summed E-state index contributed by atoms with van der Waals surface area (Å²) in [5.41, 5.74) is 4.57. The van der Waals surface area contributed by atoms with Gasteiger partial charge in [-0.05, 0) is 28.7 Å². The summed E-state index contributed by atoms with van der Waals surface area (Å²) in [5, 5.41) is 11.6. The topological polar surface area (TPSA) is 95.9 Å². The minimum atomic E-state index is -1.08. The first-order valence-corrected chi connectivity index (χ1v) is 10.5. The predicted octanol–water partition coefficient (Wildman–Crippen LogP) is 3.63. The SMILES string of the molecule is CCC[C@H](CC(=O)N(C)CC(=O)O)NC(=O)OCC1c2ccccc2-c2ccccc21. The fourth-order valence-corrected chi connectivity index (χ4v) is 4.04. The van der Waals surface area contributed by atoms with E-state index in [1.54, 1.807) is 0 Å². The zero-order valence-electron chi connectivity index (χ0n) is 17.8. The molecule has 0 heterocycles. The van der Waals surface area contributed by atoms with Gasteiger partial charge in [-0.1, -0.05) is 61.9 Å². The molecular weight excluding hydrogens is 396 g/mol. The maximum Gasteiger partial charge on any atom is 0.407 e. The summed E-state index contributed by atoms with van der Waals surface area (Å²) in [5.74, 6) is -1.45. The Balaban J connectivity index is 1.61. The van der Waals surface area contributed by atoms with Crippen molar-refractivity contribution in [3.05, 3.63) is 59.7 Å². The Morgan fingerprint density at radius 1 is 1.06 bits per heavy atom. The van der Waals surface area contributed by atoms with Crippen molar-refractivity contribution in [2.45, 2.75) is 38.1 Å². The van der Waals surface area contributed by atoms with Crippen molar-refractivity contribution >= 4 is 18.0 Å². The van der Waals surface area contributed by atoms with Crippen LogP contribution in [0.5, 0.6) is 0 Å². The van der Waals surface area contributed by atoms with Crippen molar-refractivity contribution in [3.8, 4) is 11.1 Å². The van der Waals surface area contributed by atoms with Crippen molar-refractivity contribution in [3.63, 3.8) is 0 Å². The molecule has 7 nitrogen and oxygen atoms in total. The van der Waals surface area contributed by atoms with Gasteiger partial charge in [-0.3, -0.25) is 9.59 Å². The summed E-state index contributed by atoms with van der Waals surface area (Å²) in [4.78, 5) is 36.7. The molecule has 3 rings (SSSR count). The molecule has 0 spiro atoms. The van der Waals surface area contributed by atoms with E-state index in [0.29, 0.717) is 6.42 Å². The first kappa shape index (κ1) is 22.3. The first-order valence-electron chi connectivity index (χ1n) is 10.5. The number of carbonyl (C=O) groups excluding carboxylic acids is 2. The Kier molecular flexibility index (Phi) is 7.28. The molecule has 0 saturated carbocycles. The average Bonchev–Trinajstić information content (AvgIpc) is 3.06. The molecule has 0 saturated heterocycles. The maximum absolute atomic E-state index is 12.5. The standard InChI is InChI=1S/C24H28N2O5/c1-3-8-16(13-22(27)26(2)14-23(28)29)25-24(30)31-15-21-19-11-6-4-9-17(19)18-10-5-7-12-20(18)21/h4-7,9-12,16,21H,3,8,13-15H2,1-2H3,(H,25,30)(H,28,29)/t16-/m1/s1. The molecule has 2 amide bonds. The van der Waals surface area contributed by atoms with Crippen LogP contribution >= 0.6 is 0 Å². The fourth-order valence-electron chi connectivity index (χ4n) is 4.04. The largest absolute Gasteiger partial charge is 0.480 e. The second-order valence-electron chi connectivity index (χ2n) is 7.80. The van der Waals surface area contributed by atoms with E-state index in [1.165, 1.54) is 7.05 Å². The molecule has 7 heteroatoms. The smallest absolute Gasteiger partial charge is 0.407 e. The molecule has 1 aliphatic carbocycles. The Morgan fingerprint density at radius 2 is 1.65 bits per heavy atom. The minimum Gasteiger partial charge on any atom is -0.480 e. The van der Waals surface area contributed by atoms with Crippen molar-refractivity contribution in [1.82, 2.24) is 10.2 Å². The number of carboxylic acids is 1. The second-order valence-corrected chi connectivity index (χ2v) is 7.80. The molecule has 31 heavy (non-hydrogen) atoms. The summed E-state index contributed by atoms with van der Waals surface area (Å²) >= 11 is 0. The van der Waals surface area contributed by atoms with Crippen LogP contribution in [-0.4, -0.2) is 54.2 Å². The highest BCUT2D eigenvalue weighted by atomic mass is 16.5. The molecule has 0 unspecified atom stereocenters. The van der Waals surface area contributed by atoms with Crippen molar-refractivity contribution < 1.29 is 24.2 Å². The molecular formula is C24H28N2O5. The molecule has 164 valence electrons. The Hall–Kier alpha value is -3.35. The quantitative estimate of drug-likeness (QED) is 0.641. The number of alkyl carbamates (subject to hydrolysis) is 1. The molecule has 0 aliphatic heterocycles. The van der Waals surface area contributed by atoms with E-state index >= 15 is 0 Å². The molecule has 0 aromatic heterocycles. The lowest BCUT2D eigenvalue weighted by Gasteiger charge is -2.22. The summed E-state index contributed by atoms with van der Waals surface area (Å²) in [7, 11) is 1.44. The fraction of sp³-hybridized carbons (Fsp3) is 0.375. The number of carbonyl (C=O) groups is 3. The number of benzene rings is 2. The molecule has 0 fully saturated rings. The summed E-state index contributed by atoms with van der Waals surface area (Å²) in [6.07, 6.45) is 0.817. The molecule has 2 N–H and O–H groups in total. The number of nitrogens with zero attached hydrogens (tertiary/aromatic N) is 1. The number of hydrogen-bond acceptors (Lipinski definition) is 4. The van der Waals surface area contributed by atoms with Crippen molar-refractivity contribution in [2.24, 2.45) is 0 Å². The van der Waals surface area contributed by atoms with Crippen LogP contribution in [0.4, 0.5) is 4.79 Å². The van der Waals surface area contributed by atoms with Crippen LogP contribution in [0.3, 0.4) is 0 Å².